The Balaban J connectivity index is 1.22. The van der Waals surface area contributed by atoms with Crippen LogP contribution in [0, 0.1) is 6.92 Å². The monoisotopic (exact) mass is 434 g/mol. The molecule has 0 aliphatic carbocycles. The molecule has 0 aromatic heterocycles. The summed E-state index contributed by atoms with van der Waals surface area (Å²) in [5.74, 6) is 0.877. The first-order chi connectivity index (χ1) is 15.6. The van der Waals surface area contributed by atoms with Gasteiger partial charge in [0.15, 0.2) is 5.96 Å². The van der Waals surface area contributed by atoms with Crippen LogP contribution in [0.3, 0.4) is 0 Å². The molecule has 2 fully saturated rings. The van der Waals surface area contributed by atoms with Crippen LogP contribution in [0.1, 0.15) is 23.1 Å². The van der Waals surface area contributed by atoms with E-state index >= 15 is 0 Å². The van der Waals surface area contributed by atoms with Gasteiger partial charge in [-0.3, -0.25) is 9.89 Å². The molecule has 2 aliphatic rings. The van der Waals surface area contributed by atoms with E-state index in [1.54, 1.807) is 0 Å². The topological polar surface area (TPSA) is 46.1 Å². The Bertz CT molecular complexity index is 868. The lowest BCUT2D eigenvalue weighted by Crippen LogP contribution is -2.44. The fraction of sp³-hybridized carbons (Fsp3) is 0.500. The predicted molar refractivity (Wildman–Crippen MR) is 134 cm³/mol. The van der Waals surface area contributed by atoms with Crippen molar-refractivity contribution in [2.75, 3.05) is 58.3 Å². The van der Waals surface area contributed by atoms with E-state index in [-0.39, 0.29) is 0 Å². The molecule has 2 aromatic carbocycles. The van der Waals surface area contributed by atoms with Crippen molar-refractivity contribution in [1.29, 1.82) is 0 Å². The molecular weight excluding hydrogens is 396 g/mol. The molecule has 1 atom stereocenters. The predicted octanol–water partition coefficient (Wildman–Crippen LogP) is 2.69. The third-order valence-electron chi connectivity index (χ3n) is 6.64. The minimum absolute atomic E-state index is 0.411. The van der Waals surface area contributed by atoms with Crippen molar-refractivity contribution in [3.63, 3.8) is 0 Å². The van der Waals surface area contributed by atoms with Crippen LogP contribution < -0.4 is 15.5 Å². The molecule has 0 radical (unpaired) electrons. The first-order valence-corrected chi connectivity index (χ1v) is 11.9. The van der Waals surface area contributed by atoms with Crippen LogP contribution in [0.25, 0.3) is 0 Å². The number of nitrogens with one attached hydrogen (secondary N) is 2. The number of aliphatic imine (C=N–C) groups is 1. The number of benzene rings is 2. The minimum Gasteiger partial charge on any atom is -0.369 e. The number of hydrogen-bond acceptors (Lipinski definition) is 4. The largest absolute Gasteiger partial charge is 0.369 e. The molecule has 2 aromatic rings. The Morgan fingerprint density at radius 3 is 2.31 bits per heavy atom. The van der Waals surface area contributed by atoms with E-state index in [0.29, 0.717) is 6.04 Å². The zero-order valence-electron chi connectivity index (χ0n) is 19.8. The highest BCUT2D eigenvalue weighted by molar-refractivity contribution is 5.80. The number of piperazine rings is 1. The van der Waals surface area contributed by atoms with Crippen molar-refractivity contribution in [3.05, 3.63) is 65.2 Å². The molecule has 0 saturated carbocycles. The fourth-order valence-electron chi connectivity index (χ4n) is 4.47. The molecule has 1 unspecified atom stereocenters. The third-order valence-corrected chi connectivity index (χ3v) is 6.64. The van der Waals surface area contributed by atoms with Gasteiger partial charge in [0.2, 0.25) is 0 Å². The first-order valence-electron chi connectivity index (χ1n) is 11.9. The highest BCUT2D eigenvalue weighted by Gasteiger charge is 2.23. The first kappa shape index (κ1) is 22.6. The van der Waals surface area contributed by atoms with Crippen molar-refractivity contribution < 1.29 is 0 Å². The van der Waals surface area contributed by atoms with Gasteiger partial charge in [-0.1, -0.05) is 42.0 Å². The maximum atomic E-state index is 4.44. The molecule has 4 rings (SSSR count). The van der Waals surface area contributed by atoms with Crippen LogP contribution >= 0.6 is 0 Å². The van der Waals surface area contributed by atoms with Crippen LogP contribution in [0.5, 0.6) is 0 Å². The van der Waals surface area contributed by atoms with Crippen molar-refractivity contribution >= 4 is 11.6 Å². The second-order valence-electron chi connectivity index (χ2n) is 9.23. The van der Waals surface area contributed by atoms with E-state index in [0.717, 1.165) is 64.7 Å². The lowest BCUT2D eigenvalue weighted by atomic mass is 10.1. The van der Waals surface area contributed by atoms with Gasteiger partial charge >= 0.3 is 0 Å². The van der Waals surface area contributed by atoms with E-state index in [9.17, 15) is 0 Å². The zero-order chi connectivity index (χ0) is 22.3. The van der Waals surface area contributed by atoms with Gasteiger partial charge < -0.3 is 20.4 Å². The van der Waals surface area contributed by atoms with Crippen LogP contribution in [0.4, 0.5) is 5.69 Å². The van der Waals surface area contributed by atoms with Gasteiger partial charge in [-0.05, 0) is 43.7 Å². The molecule has 172 valence electrons. The summed E-state index contributed by atoms with van der Waals surface area (Å²) in [6, 6.07) is 18.2. The SMILES string of the molecule is CN=C(NCc1ccc(CN2CCN(C)CC2)cc1)NC1CCN(c2ccc(C)cc2)C1. The number of rotatable bonds is 6. The van der Waals surface area contributed by atoms with Crippen molar-refractivity contribution in [1.82, 2.24) is 20.4 Å². The van der Waals surface area contributed by atoms with Crippen LogP contribution in [-0.2, 0) is 13.1 Å². The lowest BCUT2D eigenvalue weighted by molar-refractivity contribution is 0.148. The van der Waals surface area contributed by atoms with E-state index in [4.69, 9.17) is 0 Å². The summed E-state index contributed by atoms with van der Waals surface area (Å²) >= 11 is 0. The summed E-state index contributed by atoms with van der Waals surface area (Å²) in [5, 5.41) is 7.09. The van der Waals surface area contributed by atoms with Gasteiger partial charge in [0.05, 0.1) is 0 Å². The molecule has 0 amide bonds. The van der Waals surface area contributed by atoms with Crippen molar-refractivity contribution in [3.8, 4) is 0 Å². The fourth-order valence-corrected chi connectivity index (χ4v) is 4.47. The highest BCUT2D eigenvalue weighted by atomic mass is 15.2. The van der Waals surface area contributed by atoms with Crippen LogP contribution in [0.2, 0.25) is 0 Å². The lowest BCUT2D eigenvalue weighted by Gasteiger charge is -2.32. The normalized spacial score (nSPS) is 20.5. The average Bonchev–Trinajstić information content (AvgIpc) is 3.28. The van der Waals surface area contributed by atoms with E-state index < -0.39 is 0 Å². The summed E-state index contributed by atoms with van der Waals surface area (Å²) in [6.45, 7) is 10.7. The second-order valence-corrected chi connectivity index (χ2v) is 9.23. The highest BCUT2D eigenvalue weighted by Crippen LogP contribution is 2.20. The van der Waals surface area contributed by atoms with Crippen molar-refractivity contribution in [2.24, 2.45) is 4.99 Å². The second kappa shape index (κ2) is 10.8. The Morgan fingerprint density at radius 2 is 1.62 bits per heavy atom. The molecule has 2 heterocycles. The summed E-state index contributed by atoms with van der Waals surface area (Å²) in [7, 11) is 4.05. The molecule has 32 heavy (non-hydrogen) atoms. The number of likely N-dealkylation sites (N-methyl/N-ethyl adjacent to an activating group) is 1. The quantitative estimate of drug-likeness (QED) is 0.541. The van der Waals surface area contributed by atoms with Gasteiger partial charge in [-0.2, -0.15) is 0 Å². The number of hydrogen-bond donors (Lipinski definition) is 2. The Kier molecular flexibility index (Phi) is 7.66. The maximum absolute atomic E-state index is 4.44. The molecule has 0 bridgehead atoms. The number of aryl methyl sites for hydroxylation is 1. The number of anilines is 1. The molecule has 2 aliphatic heterocycles. The summed E-state index contributed by atoms with van der Waals surface area (Å²) < 4.78 is 0. The minimum atomic E-state index is 0.411. The van der Waals surface area contributed by atoms with E-state index in [2.05, 4.69) is 92.8 Å². The maximum Gasteiger partial charge on any atom is 0.191 e. The molecule has 6 nitrogen and oxygen atoms in total. The molecule has 2 N–H and O–H groups in total. The summed E-state index contributed by atoms with van der Waals surface area (Å²) in [6.07, 6.45) is 1.12. The summed E-state index contributed by atoms with van der Waals surface area (Å²) in [5.41, 5.74) is 5.28. The number of nitrogens with zero attached hydrogens (tertiary/aromatic N) is 4. The van der Waals surface area contributed by atoms with Crippen molar-refractivity contribution in [2.45, 2.75) is 32.5 Å². The Labute approximate surface area is 193 Å². The van der Waals surface area contributed by atoms with Gasteiger partial charge in [-0.25, -0.2) is 0 Å². The molecular formula is C26H38N6. The molecule has 6 heteroatoms. The Hall–Kier alpha value is -2.57. The smallest absolute Gasteiger partial charge is 0.191 e. The van der Waals surface area contributed by atoms with Gasteiger partial charge in [-0.15, -0.1) is 0 Å². The van der Waals surface area contributed by atoms with Gasteiger partial charge in [0, 0.05) is 71.1 Å². The average molecular weight is 435 g/mol. The van der Waals surface area contributed by atoms with Crippen LogP contribution in [0.15, 0.2) is 53.5 Å². The van der Waals surface area contributed by atoms with E-state index in [1.165, 1.54) is 22.4 Å². The van der Waals surface area contributed by atoms with Gasteiger partial charge in [0.1, 0.15) is 0 Å². The molecule has 0 spiro atoms. The number of guanidine groups is 1. The summed E-state index contributed by atoms with van der Waals surface area (Å²) in [4.78, 5) is 11.8. The zero-order valence-corrected chi connectivity index (χ0v) is 19.8. The third kappa shape index (κ3) is 6.24. The van der Waals surface area contributed by atoms with Crippen LogP contribution in [-0.4, -0.2) is 75.2 Å². The Morgan fingerprint density at radius 1 is 0.938 bits per heavy atom. The standard InChI is InChI=1S/C26H38N6/c1-21-4-10-25(11-5-21)32-13-12-24(20-32)29-26(27-2)28-18-22-6-8-23(9-7-22)19-31-16-14-30(3)15-17-31/h4-11,24H,12-20H2,1-3H3,(H2,27,28,29). The van der Waals surface area contributed by atoms with E-state index in [1.807, 2.05) is 7.05 Å². The van der Waals surface area contributed by atoms with Gasteiger partial charge in [0.25, 0.3) is 0 Å². The molecule has 2 saturated heterocycles.